The molecule has 2 rings (SSSR count). The van der Waals surface area contributed by atoms with Crippen LogP contribution >= 0.6 is 23.1 Å². The maximum atomic E-state index is 11.7. The zero-order chi connectivity index (χ0) is 15.2. The van der Waals surface area contributed by atoms with Crippen molar-refractivity contribution in [2.24, 2.45) is 0 Å². The van der Waals surface area contributed by atoms with Crippen LogP contribution < -0.4 is 10.6 Å². The van der Waals surface area contributed by atoms with Gasteiger partial charge < -0.3 is 5.32 Å². The lowest BCUT2D eigenvalue weighted by molar-refractivity contribution is -0.117. The lowest BCUT2D eigenvalue weighted by Crippen LogP contribution is -2.43. The summed E-state index contributed by atoms with van der Waals surface area (Å²) >= 11 is 2.88. The van der Waals surface area contributed by atoms with E-state index in [1.807, 2.05) is 38.1 Å². The zero-order valence-corrected chi connectivity index (χ0v) is 13.5. The highest BCUT2D eigenvalue weighted by Gasteiger charge is 2.11. The van der Waals surface area contributed by atoms with Crippen molar-refractivity contribution in [1.82, 2.24) is 15.6 Å². The maximum Gasteiger partial charge on any atom is 0.321 e. The van der Waals surface area contributed by atoms with Gasteiger partial charge in [0.05, 0.1) is 16.0 Å². The first-order chi connectivity index (χ1) is 10.1. The second kappa shape index (κ2) is 7.42. The number of benzene rings is 1. The molecule has 2 aromatic rings. The summed E-state index contributed by atoms with van der Waals surface area (Å²) in [4.78, 5) is 27.6. The molecule has 0 fully saturated rings. The Bertz CT molecular complexity index is 609. The molecular weight excluding hydrogens is 306 g/mol. The lowest BCUT2D eigenvalue weighted by Gasteiger charge is -2.11. The largest absolute Gasteiger partial charge is 0.335 e. The SMILES string of the molecule is CC[C@H](C)NC(=O)NC(=O)CSc1nc2ccccc2s1. The maximum absolute atomic E-state index is 11.7. The van der Waals surface area contributed by atoms with E-state index >= 15 is 0 Å². The van der Waals surface area contributed by atoms with Crippen LogP contribution in [-0.4, -0.2) is 28.7 Å². The Labute approximate surface area is 131 Å². The standard InChI is InChI=1S/C14H17N3O2S2/c1-3-9(2)15-13(19)17-12(18)8-20-14-16-10-6-4-5-7-11(10)21-14/h4-7,9H,3,8H2,1-2H3,(H2,15,17,18,19)/t9-/m0/s1. The second-order valence-electron chi connectivity index (χ2n) is 4.57. The molecule has 2 N–H and O–H groups in total. The van der Waals surface area contributed by atoms with Crippen molar-refractivity contribution in [2.45, 2.75) is 30.6 Å². The number of imide groups is 1. The van der Waals surface area contributed by atoms with Crippen LogP contribution in [0.5, 0.6) is 0 Å². The summed E-state index contributed by atoms with van der Waals surface area (Å²) in [7, 11) is 0. The smallest absolute Gasteiger partial charge is 0.321 e. The highest BCUT2D eigenvalue weighted by atomic mass is 32.2. The molecule has 0 saturated heterocycles. The summed E-state index contributed by atoms with van der Waals surface area (Å²) in [5.74, 6) is -0.145. The molecule has 3 amide bonds. The van der Waals surface area contributed by atoms with Crippen molar-refractivity contribution in [3.8, 4) is 0 Å². The minimum absolute atomic E-state index is 0.0507. The molecular formula is C14H17N3O2S2. The predicted octanol–water partition coefficient (Wildman–Crippen LogP) is 3.01. The van der Waals surface area contributed by atoms with Crippen molar-refractivity contribution in [1.29, 1.82) is 0 Å². The zero-order valence-electron chi connectivity index (χ0n) is 11.9. The average molecular weight is 323 g/mol. The van der Waals surface area contributed by atoms with Gasteiger partial charge in [0, 0.05) is 6.04 Å². The Balaban J connectivity index is 1.82. The molecule has 1 atom stereocenters. The van der Waals surface area contributed by atoms with Gasteiger partial charge in [0.15, 0.2) is 4.34 Å². The summed E-state index contributed by atoms with van der Waals surface area (Å²) in [6.45, 7) is 3.86. The van der Waals surface area contributed by atoms with E-state index in [1.54, 1.807) is 11.3 Å². The van der Waals surface area contributed by atoms with Crippen LogP contribution in [0.25, 0.3) is 10.2 Å². The third-order valence-electron chi connectivity index (χ3n) is 2.84. The molecule has 0 spiro atoms. The average Bonchev–Trinajstić information content (AvgIpc) is 2.87. The van der Waals surface area contributed by atoms with Crippen molar-refractivity contribution >= 4 is 45.3 Å². The molecule has 0 aliphatic carbocycles. The number of aromatic nitrogens is 1. The van der Waals surface area contributed by atoms with Gasteiger partial charge in [-0.15, -0.1) is 11.3 Å². The van der Waals surface area contributed by atoms with Crippen molar-refractivity contribution in [3.63, 3.8) is 0 Å². The minimum atomic E-state index is -0.445. The van der Waals surface area contributed by atoms with E-state index in [9.17, 15) is 9.59 Å². The van der Waals surface area contributed by atoms with Crippen LogP contribution in [0.2, 0.25) is 0 Å². The molecule has 7 heteroatoms. The summed E-state index contributed by atoms with van der Waals surface area (Å²) in [6, 6.07) is 7.43. The van der Waals surface area contributed by atoms with Crippen molar-refractivity contribution in [3.05, 3.63) is 24.3 Å². The number of para-hydroxylation sites is 1. The van der Waals surface area contributed by atoms with Crippen LogP contribution in [0.15, 0.2) is 28.6 Å². The lowest BCUT2D eigenvalue weighted by atomic mass is 10.3. The molecule has 0 aliphatic rings. The van der Waals surface area contributed by atoms with E-state index in [2.05, 4.69) is 15.6 Å². The van der Waals surface area contributed by atoms with E-state index in [4.69, 9.17) is 0 Å². The van der Waals surface area contributed by atoms with Crippen molar-refractivity contribution in [2.75, 3.05) is 5.75 Å². The molecule has 1 aromatic carbocycles. The third-order valence-corrected chi connectivity index (χ3v) is 5.02. The fourth-order valence-electron chi connectivity index (χ4n) is 1.56. The van der Waals surface area contributed by atoms with E-state index in [0.717, 1.165) is 21.0 Å². The number of rotatable bonds is 5. The van der Waals surface area contributed by atoms with E-state index in [-0.39, 0.29) is 17.7 Å². The van der Waals surface area contributed by atoms with Gasteiger partial charge in [-0.25, -0.2) is 9.78 Å². The molecule has 0 saturated carbocycles. The van der Waals surface area contributed by atoms with Gasteiger partial charge in [-0.05, 0) is 25.5 Å². The highest BCUT2D eigenvalue weighted by Crippen LogP contribution is 2.28. The molecule has 0 unspecified atom stereocenters. The topological polar surface area (TPSA) is 71.1 Å². The van der Waals surface area contributed by atoms with Gasteiger partial charge in [0.1, 0.15) is 0 Å². The van der Waals surface area contributed by atoms with Gasteiger partial charge in [-0.3, -0.25) is 10.1 Å². The number of carbonyl (C=O) groups excluding carboxylic acids is 2. The van der Waals surface area contributed by atoms with Crippen LogP contribution in [-0.2, 0) is 4.79 Å². The first-order valence-corrected chi connectivity index (χ1v) is 8.47. The number of hydrogen-bond donors (Lipinski definition) is 2. The summed E-state index contributed by atoms with van der Waals surface area (Å²) in [5, 5.41) is 5.00. The normalized spacial score (nSPS) is 12.1. The fraction of sp³-hybridized carbons (Fsp3) is 0.357. The summed E-state index contributed by atoms with van der Waals surface area (Å²) in [6.07, 6.45) is 0.821. The van der Waals surface area contributed by atoms with Crippen LogP contribution in [0, 0.1) is 0 Å². The van der Waals surface area contributed by atoms with Crippen LogP contribution in [0.1, 0.15) is 20.3 Å². The van der Waals surface area contributed by atoms with E-state index < -0.39 is 6.03 Å². The number of thioether (sulfide) groups is 1. The molecule has 21 heavy (non-hydrogen) atoms. The van der Waals surface area contributed by atoms with Gasteiger partial charge >= 0.3 is 6.03 Å². The van der Waals surface area contributed by atoms with Gasteiger partial charge in [-0.1, -0.05) is 30.8 Å². The van der Waals surface area contributed by atoms with E-state index in [1.165, 1.54) is 11.8 Å². The Morgan fingerprint density at radius 1 is 1.38 bits per heavy atom. The molecule has 0 bridgehead atoms. The first-order valence-electron chi connectivity index (χ1n) is 6.67. The quantitative estimate of drug-likeness (QED) is 0.830. The number of amides is 3. The Kier molecular flexibility index (Phi) is 5.58. The fourth-order valence-corrected chi connectivity index (χ4v) is 3.43. The van der Waals surface area contributed by atoms with Crippen LogP contribution in [0.3, 0.4) is 0 Å². The second-order valence-corrected chi connectivity index (χ2v) is 6.82. The highest BCUT2D eigenvalue weighted by molar-refractivity contribution is 8.01. The molecule has 0 aliphatic heterocycles. The van der Waals surface area contributed by atoms with Gasteiger partial charge in [0.25, 0.3) is 0 Å². The van der Waals surface area contributed by atoms with E-state index in [0.29, 0.717) is 0 Å². The Morgan fingerprint density at radius 3 is 2.86 bits per heavy atom. The number of hydrogen-bond acceptors (Lipinski definition) is 5. The summed E-state index contributed by atoms with van der Waals surface area (Å²) < 4.78 is 1.92. The number of nitrogens with one attached hydrogen (secondary N) is 2. The predicted molar refractivity (Wildman–Crippen MR) is 86.8 cm³/mol. The summed E-state index contributed by atoms with van der Waals surface area (Å²) in [5.41, 5.74) is 0.930. The molecule has 112 valence electrons. The number of thiazole rings is 1. The molecule has 0 radical (unpaired) electrons. The number of nitrogens with zero attached hydrogens (tertiary/aromatic N) is 1. The Morgan fingerprint density at radius 2 is 2.14 bits per heavy atom. The molecule has 5 nitrogen and oxygen atoms in total. The number of urea groups is 1. The van der Waals surface area contributed by atoms with Gasteiger partial charge in [0.2, 0.25) is 5.91 Å². The van der Waals surface area contributed by atoms with Crippen molar-refractivity contribution < 1.29 is 9.59 Å². The molecule has 1 aromatic heterocycles. The van der Waals surface area contributed by atoms with Crippen LogP contribution in [0.4, 0.5) is 4.79 Å². The monoisotopic (exact) mass is 323 g/mol. The third kappa shape index (κ3) is 4.71. The Hall–Kier alpha value is -1.60. The minimum Gasteiger partial charge on any atom is -0.335 e. The number of carbonyl (C=O) groups is 2. The molecule has 1 heterocycles. The number of fused-ring (bicyclic) bond motifs is 1. The van der Waals surface area contributed by atoms with Gasteiger partial charge in [-0.2, -0.15) is 0 Å². The first kappa shape index (κ1) is 15.8.